The number of nitrogens with two attached hydrogens (primary N) is 1. The quantitative estimate of drug-likeness (QED) is 0.881. The second-order valence-electron chi connectivity index (χ2n) is 4.59. The summed E-state index contributed by atoms with van der Waals surface area (Å²) in [6, 6.07) is 5.46. The molecule has 3 N–H and O–H groups in total. The average Bonchev–Trinajstić information content (AvgIpc) is 2.17. The molecule has 0 amide bonds. The van der Waals surface area contributed by atoms with Crippen LogP contribution < -0.4 is 5.73 Å². The Balaban J connectivity index is 0.00000225. The fraction of sp³-hybridized carbons (Fsp3) is 0.500. The van der Waals surface area contributed by atoms with Gasteiger partial charge < -0.3 is 10.8 Å². The van der Waals surface area contributed by atoms with Gasteiger partial charge in [-0.05, 0) is 24.1 Å². The fourth-order valence-corrected chi connectivity index (χ4v) is 1.87. The summed E-state index contributed by atoms with van der Waals surface area (Å²) in [4.78, 5) is 0. The van der Waals surface area contributed by atoms with E-state index in [9.17, 15) is 5.11 Å². The van der Waals surface area contributed by atoms with E-state index in [0.29, 0.717) is 5.02 Å². The van der Waals surface area contributed by atoms with Gasteiger partial charge >= 0.3 is 0 Å². The summed E-state index contributed by atoms with van der Waals surface area (Å²) in [5.41, 5.74) is 7.77. The highest BCUT2D eigenvalue weighted by Crippen LogP contribution is 2.36. The molecule has 0 bridgehead atoms. The second-order valence-corrected chi connectivity index (χ2v) is 5.00. The molecule has 2 nitrogen and oxygen atoms in total. The van der Waals surface area contributed by atoms with Gasteiger partial charge in [0.15, 0.2) is 0 Å². The Labute approximate surface area is 108 Å². The largest absolute Gasteiger partial charge is 0.396 e. The average molecular weight is 264 g/mol. The zero-order valence-corrected chi connectivity index (χ0v) is 11.4. The van der Waals surface area contributed by atoms with Crippen LogP contribution in [0, 0.1) is 12.3 Å². The molecule has 1 aromatic rings. The molecule has 0 heterocycles. The van der Waals surface area contributed by atoms with Crippen molar-refractivity contribution in [3.05, 3.63) is 34.3 Å². The van der Waals surface area contributed by atoms with Gasteiger partial charge in [0.1, 0.15) is 0 Å². The molecule has 1 atom stereocenters. The summed E-state index contributed by atoms with van der Waals surface area (Å²) in [5, 5.41) is 9.95. The third kappa shape index (κ3) is 3.11. The van der Waals surface area contributed by atoms with Gasteiger partial charge in [-0.2, -0.15) is 0 Å². The SMILES string of the molecule is Cc1cccc(Cl)c1[C@H](N)C(C)(C)CO.Cl. The lowest BCUT2D eigenvalue weighted by Gasteiger charge is -2.31. The second kappa shape index (κ2) is 5.87. The van der Waals surface area contributed by atoms with E-state index in [1.165, 1.54) is 0 Å². The molecule has 0 aromatic heterocycles. The molecule has 0 unspecified atom stereocenters. The van der Waals surface area contributed by atoms with E-state index >= 15 is 0 Å². The monoisotopic (exact) mass is 263 g/mol. The first-order valence-corrected chi connectivity index (χ1v) is 5.39. The summed E-state index contributed by atoms with van der Waals surface area (Å²) < 4.78 is 0. The van der Waals surface area contributed by atoms with Crippen LogP contribution in [0.15, 0.2) is 18.2 Å². The van der Waals surface area contributed by atoms with E-state index in [1.807, 2.05) is 39.0 Å². The molecule has 16 heavy (non-hydrogen) atoms. The number of aliphatic hydroxyl groups is 1. The van der Waals surface area contributed by atoms with Gasteiger partial charge in [-0.15, -0.1) is 12.4 Å². The third-order valence-corrected chi connectivity index (χ3v) is 3.16. The molecular formula is C12H19Cl2NO. The van der Waals surface area contributed by atoms with Crippen molar-refractivity contribution < 1.29 is 5.11 Å². The van der Waals surface area contributed by atoms with E-state index < -0.39 is 0 Å². The maximum atomic E-state index is 9.28. The smallest absolute Gasteiger partial charge is 0.0500 e. The van der Waals surface area contributed by atoms with Crippen molar-refractivity contribution in [2.75, 3.05) is 6.61 Å². The minimum Gasteiger partial charge on any atom is -0.396 e. The molecule has 0 aliphatic heterocycles. The Morgan fingerprint density at radius 3 is 2.44 bits per heavy atom. The van der Waals surface area contributed by atoms with Gasteiger partial charge in [-0.25, -0.2) is 0 Å². The first-order chi connectivity index (χ1) is 6.90. The molecular weight excluding hydrogens is 245 g/mol. The van der Waals surface area contributed by atoms with Gasteiger partial charge in [0.05, 0.1) is 0 Å². The van der Waals surface area contributed by atoms with E-state index in [2.05, 4.69) is 0 Å². The molecule has 1 aromatic carbocycles. The fourth-order valence-electron chi connectivity index (χ4n) is 1.53. The van der Waals surface area contributed by atoms with Crippen LogP contribution in [-0.2, 0) is 0 Å². The standard InChI is InChI=1S/C12H18ClNO.ClH/c1-8-5-4-6-9(13)10(8)11(14)12(2,3)7-15;/h4-6,11,15H,7,14H2,1-3H3;1H/t11-;/m0./s1. The minimum atomic E-state index is -0.365. The predicted molar refractivity (Wildman–Crippen MR) is 71.2 cm³/mol. The molecule has 0 aliphatic carbocycles. The van der Waals surface area contributed by atoms with Crippen molar-refractivity contribution >= 4 is 24.0 Å². The highest BCUT2D eigenvalue weighted by molar-refractivity contribution is 6.31. The lowest BCUT2D eigenvalue weighted by molar-refractivity contribution is 0.132. The van der Waals surface area contributed by atoms with Gasteiger partial charge in [0.2, 0.25) is 0 Å². The van der Waals surface area contributed by atoms with Crippen molar-refractivity contribution in [2.24, 2.45) is 11.1 Å². The summed E-state index contributed by atoms with van der Waals surface area (Å²) in [5.74, 6) is 0. The summed E-state index contributed by atoms with van der Waals surface area (Å²) in [6.45, 7) is 5.88. The highest BCUT2D eigenvalue weighted by Gasteiger charge is 2.29. The van der Waals surface area contributed by atoms with E-state index in [0.717, 1.165) is 11.1 Å². The lowest BCUT2D eigenvalue weighted by atomic mass is 9.80. The van der Waals surface area contributed by atoms with Gasteiger partial charge in [0.25, 0.3) is 0 Å². The highest BCUT2D eigenvalue weighted by atomic mass is 35.5. The molecule has 1 rings (SSSR count). The number of rotatable bonds is 3. The number of halogens is 2. The Kier molecular flexibility index (Phi) is 5.77. The minimum absolute atomic E-state index is 0. The molecule has 0 saturated heterocycles. The number of benzene rings is 1. The summed E-state index contributed by atoms with van der Waals surface area (Å²) in [7, 11) is 0. The van der Waals surface area contributed by atoms with Crippen molar-refractivity contribution in [3.8, 4) is 0 Å². The van der Waals surface area contributed by atoms with Crippen LogP contribution in [0.2, 0.25) is 5.02 Å². The normalized spacial score (nSPS) is 13.1. The van der Waals surface area contributed by atoms with Gasteiger partial charge in [0, 0.05) is 23.1 Å². The zero-order valence-electron chi connectivity index (χ0n) is 9.83. The van der Waals surface area contributed by atoms with Crippen LogP contribution in [0.4, 0.5) is 0 Å². The van der Waals surface area contributed by atoms with Crippen molar-refractivity contribution in [2.45, 2.75) is 26.8 Å². The Morgan fingerprint density at radius 2 is 2.00 bits per heavy atom. The summed E-state index contributed by atoms with van der Waals surface area (Å²) >= 11 is 6.13. The molecule has 0 spiro atoms. The molecule has 0 aliphatic rings. The van der Waals surface area contributed by atoms with Crippen LogP contribution in [0.1, 0.15) is 31.0 Å². The molecule has 0 fully saturated rings. The van der Waals surface area contributed by atoms with Crippen LogP contribution in [0.25, 0.3) is 0 Å². The molecule has 0 saturated carbocycles. The van der Waals surface area contributed by atoms with E-state index in [4.69, 9.17) is 17.3 Å². The van der Waals surface area contributed by atoms with Crippen molar-refractivity contribution in [3.63, 3.8) is 0 Å². The Bertz CT molecular complexity index is 333. The van der Waals surface area contributed by atoms with Crippen LogP contribution in [0.5, 0.6) is 0 Å². The third-order valence-electron chi connectivity index (χ3n) is 2.83. The number of aryl methyl sites for hydroxylation is 1. The Morgan fingerprint density at radius 1 is 1.44 bits per heavy atom. The first kappa shape index (κ1) is 15.7. The maximum absolute atomic E-state index is 9.28. The van der Waals surface area contributed by atoms with Crippen LogP contribution in [-0.4, -0.2) is 11.7 Å². The van der Waals surface area contributed by atoms with Gasteiger partial charge in [-0.3, -0.25) is 0 Å². The van der Waals surface area contributed by atoms with Gasteiger partial charge in [-0.1, -0.05) is 37.6 Å². The maximum Gasteiger partial charge on any atom is 0.0500 e. The lowest BCUT2D eigenvalue weighted by Crippen LogP contribution is -2.33. The van der Waals surface area contributed by atoms with E-state index in [-0.39, 0.29) is 30.5 Å². The number of aliphatic hydroxyl groups excluding tert-OH is 1. The van der Waals surface area contributed by atoms with Crippen LogP contribution in [0.3, 0.4) is 0 Å². The molecule has 92 valence electrons. The summed E-state index contributed by atoms with van der Waals surface area (Å²) in [6.07, 6.45) is 0. The van der Waals surface area contributed by atoms with Crippen molar-refractivity contribution in [1.82, 2.24) is 0 Å². The van der Waals surface area contributed by atoms with Crippen LogP contribution >= 0.6 is 24.0 Å². The Hall–Kier alpha value is -0.280. The molecule has 4 heteroatoms. The topological polar surface area (TPSA) is 46.2 Å². The zero-order chi connectivity index (χ0) is 11.6. The van der Waals surface area contributed by atoms with E-state index in [1.54, 1.807) is 0 Å². The predicted octanol–water partition coefficient (Wildman–Crippen LogP) is 3.09. The number of hydrogen-bond donors (Lipinski definition) is 2. The molecule has 0 radical (unpaired) electrons. The first-order valence-electron chi connectivity index (χ1n) is 5.01. The number of hydrogen-bond acceptors (Lipinski definition) is 2. The van der Waals surface area contributed by atoms with Crippen molar-refractivity contribution in [1.29, 1.82) is 0 Å².